The molecule has 5 rings (SSSR count). The van der Waals surface area contributed by atoms with Gasteiger partial charge < -0.3 is 14.2 Å². The minimum Gasteiger partial charge on any atom is -0.481 e. The molecule has 2 aromatic carbocycles. The number of nitrogens with zero attached hydrogens (tertiary/aromatic N) is 5. The van der Waals surface area contributed by atoms with Crippen LogP contribution in [0.3, 0.4) is 0 Å². The van der Waals surface area contributed by atoms with Crippen molar-refractivity contribution in [1.29, 1.82) is 0 Å². The Morgan fingerprint density at radius 1 is 1.12 bits per heavy atom. The summed E-state index contributed by atoms with van der Waals surface area (Å²) in [6, 6.07) is 19.4. The molecular formula is C25H25N5O3. The van der Waals surface area contributed by atoms with E-state index in [-0.39, 0.29) is 5.91 Å². The third-order valence-electron chi connectivity index (χ3n) is 5.83. The minimum absolute atomic E-state index is 0.0606. The number of ether oxygens (including phenoxy) is 1. The molecule has 1 aliphatic heterocycles. The zero-order chi connectivity index (χ0) is 22.8. The number of fused-ring (bicyclic) bond motifs is 1. The number of rotatable bonds is 6. The van der Waals surface area contributed by atoms with Crippen LogP contribution < -0.4 is 4.74 Å². The lowest BCUT2D eigenvalue weighted by atomic mass is 10.0. The fourth-order valence-corrected chi connectivity index (χ4v) is 4.16. The zero-order valence-electron chi connectivity index (χ0n) is 18.6. The van der Waals surface area contributed by atoms with E-state index in [0.717, 1.165) is 16.8 Å². The van der Waals surface area contributed by atoms with Crippen LogP contribution in [-0.4, -0.2) is 43.4 Å². The summed E-state index contributed by atoms with van der Waals surface area (Å²) < 4.78 is 13.2. The van der Waals surface area contributed by atoms with E-state index in [1.165, 1.54) is 0 Å². The Balaban J connectivity index is 1.34. The van der Waals surface area contributed by atoms with Gasteiger partial charge in [0, 0.05) is 44.2 Å². The second-order valence-corrected chi connectivity index (χ2v) is 8.16. The van der Waals surface area contributed by atoms with E-state index in [2.05, 4.69) is 15.2 Å². The first-order chi connectivity index (χ1) is 16.1. The molecular weight excluding hydrogens is 418 g/mol. The van der Waals surface area contributed by atoms with E-state index in [1.54, 1.807) is 6.92 Å². The largest absolute Gasteiger partial charge is 0.481 e. The van der Waals surface area contributed by atoms with Gasteiger partial charge in [0.05, 0.1) is 0 Å². The molecule has 8 heteroatoms. The molecule has 1 atom stereocenters. The molecule has 3 heterocycles. The smallest absolute Gasteiger partial charge is 0.278 e. The highest BCUT2D eigenvalue weighted by Gasteiger charge is 2.31. The maximum atomic E-state index is 13.1. The van der Waals surface area contributed by atoms with E-state index in [9.17, 15) is 4.79 Å². The molecule has 0 saturated carbocycles. The van der Waals surface area contributed by atoms with Crippen molar-refractivity contribution >= 4 is 5.91 Å². The Bertz CT molecular complexity index is 1250. The second-order valence-electron chi connectivity index (χ2n) is 8.16. The van der Waals surface area contributed by atoms with E-state index < -0.39 is 6.10 Å². The molecule has 0 N–H and O–H groups in total. The van der Waals surface area contributed by atoms with E-state index in [4.69, 9.17) is 9.26 Å². The van der Waals surface area contributed by atoms with E-state index in [1.807, 2.05) is 77.3 Å². The number of para-hydroxylation sites is 1. The summed E-state index contributed by atoms with van der Waals surface area (Å²) in [5.74, 6) is 1.59. The highest BCUT2D eigenvalue weighted by Crippen LogP contribution is 2.29. The molecule has 1 aliphatic rings. The second kappa shape index (κ2) is 8.90. The molecule has 0 bridgehead atoms. The zero-order valence-corrected chi connectivity index (χ0v) is 18.6. The molecule has 0 saturated heterocycles. The Morgan fingerprint density at radius 2 is 1.85 bits per heavy atom. The predicted molar refractivity (Wildman–Crippen MR) is 121 cm³/mol. The molecule has 33 heavy (non-hydrogen) atoms. The summed E-state index contributed by atoms with van der Waals surface area (Å²) in [6.45, 7) is 2.81. The van der Waals surface area contributed by atoms with Gasteiger partial charge in [-0.25, -0.2) is 0 Å². The maximum absolute atomic E-state index is 13.1. The van der Waals surface area contributed by atoms with E-state index in [0.29, 0.717) is 49.1 Å². The topological polar surface area (TPSA) is 86.3 Å². The highest BCUT2D eigenvalue weighted by molar-refractivity contribution is 5.81. The first kappa shape index (κ1) is 20.9. The molecule has 0 fully saturated rings. The number of carbonyl (C=O) groups is 1. The van der Waals surface area contributed by atoms with Crippen LogP contribution in [0.25, 0.3) is 11.6 Å². The Labute approximate surface area is 191 Å². The number of aromatic nitrogens is 4. The molecule has 1 unspecified atom stereocenters. The van der Waals surface area contributed by atoms with Crippen LogP contribution in [0.4, 0.5) is 0 Å². The number of hydrogen-bond acceptors (Lipinski definition) is 6. The summed E-state index contributed by atoms with van der Waals surface area (Å²) >= 11 is 0. The number of amides is 1. The lowest BCUT2D eigenvalue weighted by molar-refractivity contribution is -0.138. The van der Waals surface area contributed by atoms with E-state index >= 15 is 0 Å². The number of carbonyl (C=O) groups excluding carboxylic acids is 1. The van der Waals surface area contributed by atoms with Crippen molar-refractivity contribution in [2.24, 2.45) is 7.05 Å². The summed E-state index contributed by atoms with van der Waals surface area (Å²) in [7, 11) is 1.90. The van der Waals surface area contributed by atoms with Crippen LogP contribution >= 0.6 is 0 Å². The van der Waals surface area contributed by atoms with Gasteiger partial charge in [0.25, 0.3) is 11.8 Å². The van der Waals surface area contributed by atoms with Gasteiger partial charge in [0.15, 0.2) is 17.6 Å². The molecule has 0 radical (unpaired) electrons. The van der Waals surface area contributed by atoms with Crippen LogP contribution in [0, 0.1) is 0 Å². The normalized spacial score (nSPS) is 14.1. The quantitative estimate of drug-likeness (QED) is 0.454. The van der Waals surface area contributed by atoms with Crippen LogP contribution in [0.1, 0.15) is 29.6 Å². The molecule has 8 nitrogen and oxygen atoms in total. The van der Waals surface area contributed by atoms with Crippen LogP contribution in [0.5, 0.6) is 5.75 Å². The molecule has 1 amide bonds. The lowest BCUT2D eigenvalue weighted by Crippen LogP contribution is -2.43. The van der Waals surface area contributed by atoms with Gasteiger partial charge in [-0.2, -0.15) is 10.1 Å². The number of aryl methyl sites for hydroxylation is 1. The fraction of sp³-hybridized carbons (Fsp3) is 0.280. The van der Waals surface area contributed by atoms with Crippen molar-refractivity contribution in [2.75, 3.05) is 6.54 Å². The number of hydrogen-bond donors (Lipinski definition) is 0. The Hall–Kier alpha value is -3.94. The van der Waals surface area contributed by atoms with Crippen LogP contribution in [0.2, 0.25) is 0 Å². The monoisotopic (exact) mass is 443 g/mol. The molecule has 168 valence electrons. The van der Waals surface area contributed by atoms with Gasteiger partial charge in [-0.1, -0.05) is 53.7 Å². The average molecular weight is 444 g/mol. The van der Waals surface area contributed by atoms with Crippen LogP contribution in [0.15, 0.2) is 65.2 Å². The first-order valence-corrected chi connectivity index (χ1v) is 11.0. The fourth-order valence-electron chi connectivity index (χ4n) is 4.16. The van der Waals surface area contributed by atoms with Crippen molar-refractivity contribution in [3.05, 3.63) is 83.3 Å². The molecule has 0 spiro atoms. The Morgan fingerprint density at radius 3 is 2.61 bits per heavy atom. The summed E-state index contributed by atoms with van der Waals surface area (Å²) in [5.41, 5.74) is 3.76. The summed E-state index contributed by atoms with van der Waals surface area (Å²) in [4.78, 5) is 19.5. The Kier molecular flexibility index (Phi) is 5.64. The van der Waals surface area contributed by atoms with Crippen molar-refractivity contribution in [2.45, 2.75) is 32.4 Å². The van der Waals surface area contributed by atoms with Crippen molar-refractivity contribution in [1.82, 2.24) is 24.8 Å². The SMILES string of the molecule is CC(Oc1ccccc1)C(=O)N1CCc2c(c(-c3nc(Cc4ccccc4)no3)nn2C)C1. The van der Waals surface area contributed by atoms with Gasteiger partial charge in [0.1, 0.15) is 5.75 Å². The van der Waals surface area contributed by atoms with Gasteiger partial charge in [-0.05, 0) is 24.6 Å². The van der Waals surface area contributed by atoms with Crippen molar-refractivity contribution in [3.8, 4) is 17.3 Å². The summed E-state index contributed by atoms with van der Waals surface area (Å²) in [5, 5.41) is 8.78. The molecule has 2 aromatic heterocycles. The number of benzene rings is 2. The minimum atomic E-state index is -0.588. The molecule has 4 aromatic rings. The molecule has 0 aliphatic carbocycles. The average Bonchev–Trinajstić information content (AvgIpc) is 3.43. The van der Waals surface area contributed by atoms with Crippen molar-refractivity contribution < 1.29 is 14.1 Å². The van der Waals surface area contributed by atoms with Crippen LogP contribution in [-0.2, 0) is 31.2 Å². The predicted octanol–water partition coefficient (Wildman–Crippen LogP) is 3.41. The third kappa shape index (κ3) is 4.37. The van der Waals surface area contributed by atoms with Gasteiger partial charge >= 0.3 is 0 Å². The third-order valence-corrected chi connectivity index (χ3v) is 5.83. The highest BCUT2D eigenvalue weighted by atomic mass is 16.5. The van der Waals surface area contributed by atoms with Crippen molar-refractivity contribution in [3.63, 3.8) is 0 Å². The summed E-state index contributed by atoms with van der Waals surface area (Å²) in [6.07, 6.45) is 0.696. The van der Waals surface area contributed by atoms with Gasteiger partial charge in [-0.3, -0.25) is 9.48 Å². The standard InChI is InChI=1S/C25H25N5O3/c1-17(32-19-11-7-4-8-12-19)25(31)30-14-13-21-20(16-30)23(27-29(21)2)24-26-22(28-33-24)15-18-9-5-3-6-10-18/h3-12,17H,13-16H2,1-2H3. The lowest BCUT2D eigenvalue weighted by Gasteiger charge is -2.29. The first-order valence-electron chi connectivity index (χ1n) is 11.0. The maximum Gasteiger partial charge on any atom is 0.278 e. The van der Waals surface area contributed by atoms with Gasteiger partial charge in [0.2, 0.25) is 0 Å². The van der Waals surface area contributed by atoms with Gasteiger partial charge in [-0.15, -0.1) is 0 Å².